The van der Waals surface area contributed by atoms with E-state index in [1.54, 1.807) is 13.8 Å². The van der Waals surface area contributed by atoms with Gasteiger partial charge in [-0.3, -0.25) is 13.6 Å². The van der Waals surface area contributed by atoms with Crippen molar-refractivity contribution in [1.29, 1.82) is 0 Å². The number of phosphoric ester groups is 1. The molecule has 0 saturated heterocycles. The second kappa shape index (κ2) is 14.4. The zero-order valence-electron chi connectivity index (χ0n) is 15.3. The maximum absolute atomic E-state index is 12.2. The Balaban J connectivity index is 4.20. The lowest BCUT2D eigenvalue weighted by Gasteiger charge is -2.25. The van der Waals surface area contributed by atoms with Gasteiger partial charge >= 0.3 is 7.82 Å². The van der Waals surface area contributed by atoms with Gasteiger partial charge in [0.2, 0.25) is 0 Å². The summed E-state index contributed by atoms with van der Waals surface area (Å²) in [5, 5.41) is 9.99. The molecule has 0 amide bonds. The van der Waals surface area contributed by atoms with Crippen LogP contribution in [-0.4, -0.2) is 55.6 Å². The summed E-state index contributed by atoms with van der Waals surface area (Å²) in [5.74, 6) is 0. The molecule has 7 heteroatoms. The minimum atomic E-state index is -3.41. The summed E-state index contributed by atoms with van der Waals surface area (Å²) in [6.07, 6.45) is 4.49. The largest absolute Gasteiger partial charge is 0.474 e. The number of rotatable bonds is 16. The third-order valence-corrected chi connectivity index (χ3v) is 5.01. The van der Waals surface area contributed by atoms with Crippen LogP contribution in [0.4, 0.5) is 0 Å². The fraction of sp³-hybridized carbons (Fsp3) is 1.00. The van der Waals surface area contributed by atoms with Crippen molar-refractivity contribution in [3.05, 3.63) is 0 Å². The molecule has 6 nitrogen and oxygen atoms in total. The number of phosphoric acid groups is 1. The van der Waals surface area contributed by atoms with Gasteiger partial charge in [-0.1, -0.05) is 26.7 Å². The van der Waals surface area contributed by atoms with Crippen molar-refractivity contribution in [3.8, 4) is 0 Å². The molecule has 1 N–H and O–H groups in total. The molecule has 23 heavy (non-hydrogen) atoms. The van der Waals surface area contributed by atoms with Gasteiger partial charge in [0.1, 0.15) is 0 Å². The minimum Gasteiger partial charge on any atom is -0.392 e. The molecule has 0 rings (SSSR count). The molecule has 1 unspecified atom stereocenters. The summed E-state index contributed by atoms with van der Waals surface area (Å²) in [6, 6.07) is 0. The Morgan fingerprint density at radius 3 is 2.09 bits per heavy atom. The summed E-state index contributed by atoms with van der Waals surface area (Å²) in [6.45, 7) is 11.1. The lowest BCUT2D eigenvalue weighted by Crippen LogP contribution is -2.34. The number of hydrogen-bond donors (Lipinski definition) is 1. The van der Waals surface area contributed by atoms with Crippen LogP contribution in [0.3, 0.4) is 0 Å². The first kappa shape index (κ1) is 23.0. The van der Waals surface area contributed by atoms with Crippen LogP contribution in [-0.2, 0) is 18.1 Å². The van der Waals surface area contributed by atoms with Gasteiger partial charge in [-0.25, -0.2) is 4.57 Å². The van der Waals surface area contributed by atoms with E-state index in [0.29, 0.717) is 26.4 Å². The van der Waals surface area contributed by atoms with Crippen molar-refractivity contribution < 1.29 is 23.2 Å². The average molecular weight is 353 g/mol. The SMILES string of the molecule is CCCCN(CCCOP(=O)(OCC)OCC)CC(O)CCC. The van der Waals surface area contributed by atoms with Crippen LogP contribution in [0.5, 0.6) is 0 Å². The first-order chi connectivity index (χ1) is 11.0. The molecule has 0 aliphatic rings. The Morgan fingerprint density at radius 1 is 0.957 bits per heavy atom. The van der Waals surface area contributed by atoms with Gasteiger partial charge in [0, 0.05) is 13.1 Å². The van der Waals surface area contributed by atoms with Crippen LogP contribution < -0.4 is 0 Å². The normalized spacial score (nSPS) is 13.7. The molecule has 1 atom stereocenters. The maximum atomic E-state index is 12.2. The topological polar surface area (TPSA) is 68.2 Å². The highest BCUT2D eigenvalue weighted by atomic mass is 31.2. The molecule has 0 heterocycles. The predicted octanol–water partition coefficient (Wildman–Crippen LogP) is 3.84. The van der Waals surface area contributed by atoms with Gasteiger partial charge in [-0.15, -0.1) is 0 Å². The van der Waals surface area contributed by atoms with E-state index in [1.807, 2.05) is 0 Å². The van der Waals surface area contributed by atoms with E-state index >= 15 is 0 Å². The van der Waals surface area contributed by atoms with Crippen LogP contribution >= 0.6 is 7.82 Å². The summed E-state index contributed by atoms with van der Waals surface area (Å²) in [4.78, 5) is 2.25. The monoisotopic (exact) mass is 353 g/mol. The van der Waals surface area contributed by atoms with E-state index < -0.39 is 7.82 Å². The molecule has 0 saturated carbocycles. The molecule has 0 aromatic rings. The molecule has 0 fully saturated rings. The van der Waals surface area contributed by atoms with E-state index in [-0.39, 0.29) is 6.10 Å². The van der Waals surface area contributed by atoms with E-state index in [2.05, 4.69) is 18.7 Å². The van der Waals surface area contributed by atoms with Crippen molar-refractivity contribution in [2.45, 2.75) is 65.9 Å². The Hall–Kier alpha value is 0.0300. The summed E-state index contributed by atoms with van der Waals surface area (Å²) >= 11 is 0. The quantitative estimate of drug-likeness (QED) is 0.336. The van der Waals surface area contributed by atoms with Gasteiger partial charge in [0.25, 0.3) is 0 Å². The van der Waals surface area contributed by atoms with Gasteiger partial charge in [0.05, 0.1) is 25.9 Å². The third-order valence-electron chi connectivity index (χ3n) is 3.36. The van der Waals surface area contributed by atoms with Gasteiger partial charge in [-0.2, -0.15) is 0 Å². The number of hydrogen-bond acceptors (Lipinski definition) is 6. The summed E-state index contributed by atoms with van der Waals surface area (Å²) < 4.78 is 27.7. The molecule has 0 aromatic carbocycles. The predicted molar refractivity (Wildman–Crippen MR) is 93.7 cm³/mol. The van der Waals surface area contributed by atoms with Crippen LogP contribution in [0.15, 0.2) is 0 Å². The van der Waals surface area contributed by atoms with Crippen molar-refractivity contribution in [3.63, 3.8) is 0 Å². The van der Waals surface area contributed by atoms with E-state index in [1.165, 1.54) is 0 Å². The van der Waals surface area contributed by atoms with Gasteiger partial charge < -0.3 is 10.0 Å². The summed E-state index contributed by atoms with van der Waals surface area (Å²) in [5.41, 5.74) is 0. The Kier molecular flexibility index (Phi) is 14.4. The summed E-state index contributed by atoms with van der Waals surface area (Å²) in [7, 11) is -3.41. The zero-order valence-corrected chi connectivity index (χ0v) is 16.2. The van der Waals surface area contributed by atoms with E-state index in [4.69, 9.17) is 13.6 Å². The number of aliphatic hydroxyl groups is 1. The fourth-order valence-corrected chi connectivity index (χ4v) is 3.50. The first-order valence-corrected chi connectivity index (χ1v) is 10.4. The Labute approximate surface area is 142 Å². The molecule has 0 bridgehead atoms. The molecule has 0 aromatic heterocycles. The van der Waals surface area contributed by atoms with E-state index in [0.717, 1.165) is 45.2 Å². The highest BCUT2D eigenvalue weighted by Crippen LogP contribution is 2.49. The average Bonchev–Trinajstić information content (AvgIpc) is 2.49. The first-order valence-electron chi connectivity index (χ1n) is 8.95. The van der Waals surface area contributed by atoms with Crippen molar-refractivity contribution >= 4 is 7.82 Å². The molecule has 0 aliphatic carbocycles. The lowest BCUT2D eigenvalue weighted by atomic mass is 10.2. The van der Waals surface area contributed by atoms with Crippen molar-refractivity contribution in [2.24, 2.45) is 0 Å². The molecule has 0 aliphatic heterocycles. The highest BCUT2D eigenvalue weighted by Gasteiger charge is 2.25. The maximum Gasteiger partial charge on any atom is 0.474 e. The minimum absolute atomic E-state index is 0.282. The highest BCUT2D eigenvalue weighted by molar-refractivity contribution is 7.48. The molecular formula is C16H36NO5P. The van der Waals surface area contributed by atoms with Gasteiger partial charge in [-0.05, 0) is 39.7 Å². The van der Waals surface area contributed by atoms with Crippen LogP contribution in [0.25, 0.3) is 0 Å². The second-order valence-electron chi connectivity index (χ2n) is 5.57. The lowest BCUT2D eigenvalue weighted by molar-refractivity contribution is 0.0921. The van der Waals surface area contributed by atoms with E-state index in [9.17, 15) is 9.67 Å². The van der Waals surface area contributed by atoms with Crippen molar-refractivity contribution in [1.82, 2.24) is 4.90 Å². The number of aliphatic hydroxyl groups excluding tert-OH is 1. The fourth-order valence-electron chi connectivity index (χ4n) is 2.29. The van der Waals surface area contributed by atoms with Gasteiger partial charge in [0.15, 0.2) is 0 Å². The molecular weight excluding hydrogens is 317 g/mol. The smallest absolute Gasteiger partial charge is 0.392 e. The Morgan fingerprint density at radius 2 is 1.57 bits per heavy atom. The van der Waals surface area contributed by atoms with Crippen LogP contribution in [0, 0.1) is 0 Å². The van der Waals surface area contributed by atoms with Crippen LogP contribution in [0.2, 0.25) is 0 Å². The molecule has 140 valence electrons. The number of unbranched alkanes of at least 4 members (excludes halogenated alkanes) is 1. The van der Waals surface area contributed by atoms with Crippen molar-refractivity contribution in [2.75, 3.05) is 39.5 Å². The third kappa shape index (κ3) is 12.1. The second-order valence-corrected chi connectivity index (χ2v) is 7.24. The Bertz CT molecular complexity index is 307. The van der Waals surface area contributed by atoms with Crippen LogP contribution in [0.1, 0.15) is 59.8 Å². The standard InChI is InChI=1S/C16H36NO5P/c1-5-9-12-17(15-16(18)11-6-2)13-10-14-22-23(19,20-7-3)21-8-4/h16,18H,5-15H2,1-4H3. The molecule has 0 spiro atoms. The molecule has 0 radical (unpaired) electrons. The zero-order chi connectivity index (χ0) is 17.6. The number of nitrogens with zero attached hydrogens (tertiary/aromatic N) is 1.